The van der Waals surface area contributed by atoms with E-state index < -0.39 is 0 Å². The zero-order valence-electron chi connectivity index (χ0n) is 10.0. The molecule has 1 fully saturated rings. The maximum atomic E-state index is 11.6. The normalized spacial score (nSPS) is 17.4. The molecule has 90 valence electrons. The second kappa shape index (κ2) is 8.15. The summed E-state index contributed by atoms with van der Waals surface area (Å²) in [6.07, 6.45) is 9.65. The molecule has 0 saturated heterocycles. The van der Waals surface area contributed by atoms with Gasteiger partial charge in [0.05, 0.1) is 6.07 Å². The fraction of sp³-hybridized carbons (Fsp3) is 0.846. The van der Waals surface area contributed by atoms with Gasteiger partial charge in [-0.1, -0.05) is 25.7 Å². The highest BCUT2D eigenvalue weighted by atomic mass is 16.1. The van der Waals surface area contributed by atoms with Crippen LogP contribution < -0.4 is 5.32 Å². The van der Waals surface area contributed by atoms with E-state index >= 15 is 0 Å². The minimum absolute atomic E-state index is 0.171. The highest BCUT2D eigenvalue weighted by molar-refractivity contribution is 5.76. The van der Waals surface area contributed by atoms with E-state index in [4.69, 9.17) is 5.26 Å². The molecule has 1 aliphatic carbocycles. The summed E-state index contributed by atoms with van der Waals surface area (Å²) in [5.74, 6) is 0.767. The molecule has 0 aromatic heterocycles. The van der Waals surface area contributed by atoms with Gasteiger partial charge in [-0.15, -0.1) is 0 Å². The zero-order valence-corrected chi connectivity index (χ0v) is 10.0. The Morgan fingerprint density at radius 3 is 2.56 bits per heavy atom. The predicted molar refractivity (Wildman–Crippen MR) is 63.7 cm³/mol. The summed E-state index contributed by atoms with van der Waals surface area (Å²) in [5, 5.41) is 11.3. The van der Waals surface area contributed by atoms with Gasteiger partial charge in [-0.3, -0.25) is 4.79 Å². The first-order valence-corrected chi connectivity index (χ1v) is 6.46. The van der Waals surface area contributed by atoms with Crippen LogP contribution in [0.15, 0.2) is 0 Å². The fourth-order valence-electron chi connectivity index (χ4n) is 2.30. The third-order valence-electron chi connectivity index (χ3n) is 3.24. The maximum Gasteiger partial charge on any atom is 0.220 e. The average molecular weight is 222 g/mol. The van der Waals surface area contributed by atoms with Gasteiger partial charge >= 0.3 is 0 Å². The van der Waals surface area contributed by atoms with Crippen molar-refractivity contribution in [2.45, 2.75) is 57.8 Å². The Kier molecular flexibility index (Phi) is 6.64. The van der Waals surface area contributed by atoms with Crippen LogP contribution in [0.4, 0.5) is 0 Å². The number of nitrogens with one attached hydrogen (secondary N) is 1. The molecule has 0 spiro atoms. The summed E-state index contributed by atoms with van der Waals surface area (Å²) < 4.78 is 0. The van der Waals surface area contributed by atoms with E-state index in [0.29, 0.717) is 25.3 Å². The Hall–Kier alpha value is -1.04. The van der Waals surface area contributed by atoms with Gasteiger partial charge in [-0.2, -0.15) is 5.26 Å². The monoisotopic (exact) mass is 222 g/mol. The molecule has 1 rings (SSSR count). The Bertz CT molecular complexity index is 237. The van der Waals surface area contributed by atoms with Crippen molar-refractivity contribution < 1.29 is 4.79 Å². The van der Waals surface area contributed by atoms with E-state index in [2.05, 4.69) is 11.4 Å². The maximum absolute atomic E-state index is 11.6. The second-order valence-electron chi connectivity index (χ2n) is 4.67. The number of nitrogens with zero attached hydrogens (tertiary/aromatic N) is 1. The number of unbranched alkanes of at least 4 members (excludes halogenated alkanes) is 1. The van der Waals surface area contributed by atoms with Crippen molar-refractivity contribution in [1.82, 2.24) is 5.32 Å². The first kappa shape index (κ1) is 13.0. The van der Waals surface area contributed by atoms with Crippen LogP contribution in [0.5, 0.6) is 0 Å². The van der Waals surface area contributed by atoms with Crippen LogP contribution in [0, 0.1) is 17.2 Å². The Morgan fingerprint density at radius 2 is 1.94 bits per heavy atom. The number of nitriles is 1. The average Bonchev–Trinajstić information content (AvgIpc) is 2.53. The number of carbonyl (C=O) groups excluding carboxylic acids is 1. The molecule has 1 N–H and O–H groups in total. The third-order valence-corrected chi connectivity index (χ3v) is 3.24. The molecule has 0 aliphatic heterocycles. The lowest BCUT2D eigenvalue weighted by molar-refractivity contribution is -0.122. The van der Waals surface area contributed by atoms with Crippen molar-refractivity contribution >= 4 is 5.91 Å². The number of hydrogen-bond donors (Lipinski definition) is 1. The number of amides is 1. The molecule has 0 aromatic rings. The van der Waals surface area contributed by atoms with Gasteiger partial charge in [0.25, 0.3) is 0 Å². The predicted octanol–water partition coefficient (Wildman–Crippen LogP) is 2.77. The molecule has 3 heteroatoms. The second-order valence-corrected chi connectivity index (χ2v) is 4.67. The van der Waals surface area contributed by atoms with Crippen molar-refractivity contribution in [3.05, 3.63) is 0 Å². The minimum atomic E-state index is 0.171. The van der Waals surface area contributed by atoms with E-state index in [1.54, 1.807) is 0 Å². The summed E-state index contributed by atoms with van der Waals surface area (Å²) in [6.45, 7) is 0.652. The first-order chi connectivity index (χ1) is 7.83. The van der Waals surface area contributed by atoms with Gasteiger partial charge in [0.1, 0.15) is 0 Å². The summed E-state index contributed by atoms with van der Waals surface area (Å²) in [7, 11) is 0. The molecule has 0 unspecified atom stereocenters. The minimum Gasteiger partial charge on any atom is -0.356 e. The van der Waals surface area contributed by atoms with Gasteiger partial charge in [0.2, 0.25) is 5.91 Å². The molecule has 1 aliphatic rings. The van der Waals surface area contributed by atoms with Gasteiger partial charge in [0, 0.05) is 19.4 Å². The Labute approximate surface area is 98.2 Å². The first-order valence-electron chi connectivity index (χ1n) is 6.46. The molecular weight excluding hydrogens is 200 g/mol. The standard InChI is InChI=1S/C13H22N2O/c14-9-5-6-10-15-13(16)11-12-7-3-1-2-4-8-12/h12H,1-8,10-11H2,(H,15,16). The van der Waals surface area contributed by atoms with Crippen molar-refractivity contribution in [2.75, 3.05) is 6.54 Å². The molecule has 0 aromatic carbocycles. The summed E-state index contributed by atoms with van der Waals surface area (Å²) in [4.78, 5) is 11.6. The lowest BCUT2D eigenvalue weighted by atomic mass is 9.96. The lowest BCUT2D eigenvalue weighted by Gasteiger charge is -2.13. The fourth-order valence-corrected chi connectivity index (χ4v) is 2.30. The van der Waals surface area contributed by atoms with Crippen LogP contribution in [-0.2, 0) is 4.79 Å². The van der Waals surface area contributed by atoms with Crippen LogP contribution in [-0.4, -0.2) is 12.5 Å². The van der Waals surface area contributed by atoms with Crippen molar-refractivity contribution in [2.24, 2.45) is 5.92 Å². The van der Waals surface area contributed by atoms with Gasteiger partial charge in [-0.25, -0.2) is 0 Å². The third kappa shape index (κ3) is 5.75. The van der Waals surface area contributed by atoms with Crippen LogP contribution in [0.25, 0.3) is 0 Å². The summed E-state index contributed by atoms with van der Waals surface area (Å²) >= 11 is 0. The van der Waals surface area contributed by atoms with Gasteiger partial charge < -0.3 is 5.32 Å². The Morgan fingerprint density at radius 1 is 1.25 bits per heavy atom. The SMILES string of the molecule is N#CCCCNC(=O)CC1CCCCCC1. The van der Waals surface area contributed by atoms with Gasteiger partial charge in [0.15, 0.2) is 0 Å². The molecule has 0 heterocycles. The number of rotatable bonds is 5. The van der Waals surface area contributed by atoms with E-state index in [1.807, 2.05) is 0 Å². The van der Waals surface area contributed by atoms with Gasteiger partial charge in [-0.05, 0) is 25.2 Å². The summed E-state index contributed by atoms with van der Waals surface area (Å²) in [6, 6.07) is 2.08. The van der Waals surface area contributed by atoms with Crippen molar-refractivity contribution in [1.29, 1.82) is 5.26 Å². The largest absolute Gasteiger partial charge is 0.356 e. The van der Waals surface area contributed by atoms with Crippen LogP contribution in [0.1, 0.15) is 57.8 Å². The smallest absolute Gasteiger partial charge is 0.220 e. The molecule has 16 heavy (non-hydrogen) atoms. The lowest BCUT2D eigenvalue weighted by Crippen LogP contribution is -2.26. The van der Waals surface area contributed by atoms with E-state index in [1.165, 1.54) is 38.5 Å². The topological polar surface area (TPSA) is 52.9 Å². The van der Waals surface area contributed by atoms with E-state index in [-0.39, 0.29) is 5.91 Å². The molecule has 0 radical (unpaired) electrons. The number of hydrogen-bond acceptors (Lipinski definition) is 2. The zero-order chi connectivity index (χ0) is 11.6. The van der Waals surface area contributed by atoms with Crippen LogP contribution >= 0.6 is 0 Å². The molecule has 0 bridgehead atoms. The van der Waals surface area contributed by atoms with Crippen LogP contribution in [0.2, 0.25) is 0 Å². The molecule has 1 saturated carbocycles. The van der Waals surface area contributed by atoms with Crippen molar-refractivity contribution in [3.63, 3.8) is 0 Å². The Balaban J connectivity index is 2.10. The van der Waals surface area contributed by atoms with Crippen LogP contribution in [0.3, 0.4) is 0 Å². The van der Waals surface area contributed by atoms with Crippen molar-refractivity contribution in [3.8, 4) is 6.07 Å². The highest BCUT2D eigenvalue weighted by Gasteiger charge is 2.15. The summed E-state index contributed by atoms with van der Waals surface area (Å²) in [5.41, 5.74) is 0. The van der Waals surface area contributed by atoms with E-state index in [9.17, 15) is 4.79 Å². The molecule has 1 amide bonds. The highest BCUT2D eigenvalue weighted by Crippen LogP contribution is 2.25. The molecule has 0 atom stereocenters. The molecular formula is C13H22N2O. The van der Waals surface area contributed by atoms with E-state index in [0.717, 1.165) is 6.42 Å². The quantitative estimate of drug-likeness (QED) is 0.574. The molecule has 3 nitrogen and oxygen atoms in total. The number of carbonyl (C=O) groups is 1.